The van der Waals surface area contributed by atoms with E-state index in [1.807, 2.05) is 9.80 Å². The molecule has 4 aliphatic rings. The van der Waals surface area contributed by atoms with Crippen molar-refractivity contribution in [3.05, 3.63) is 0 Å². The first-order chi connectivity index (χ1) is 12.7. The Morgan fingerprint density at radius 3 is 2.35 bits per heavy atom. The van der Waals surface area contributed by atoms with E-state index < -0.39 is 0 Å². The van der Waals surface area contributed by atoms with Gasteiger partial charge in [-0.25, -0.2) is 4.79 Å². The number of fused-ring (bicyclic) bond motifs is 1. The van der Waals surface area contributed by atoms with Crippen LogP contribution in [0.2, 0.25) is 0 Å². The average molecular weight is 359 g/mol. The Balaban J connectivity index is 1.22. The van der Waals surface area contributed by atoms with E-state index in [9.17, 15) is 9.59 Å². The highest BCUT2D eigenvalue weighted by Gasteiger charge is 2.43. The van der Waals surface area contributed by atoms with Crippen LogP contribution in [0.4, 0.5) is 4.79 Å². The molecule has 7 heteroatoms. The monoisotopic (exact) mass is 359 g/mol. The number of amides is 3. The van der Waals surface area contributed by atoms with E-state index in [-0.39, 0.29) is 18.0 Å². The van der Waals surface area contributed by atoms with E-state index in [2.05, 4.69) is 11.4 Å². The van der Waals surface area contributed by atoms with Crippen molar-refractivity contribution in [1.82, 2.24) is 20.0 Å². The molecule has 142 valence electrons. The van der Waals surface area contributed by atoms with Crippen molar-refractivity contribution < 1.29 is 9.59 Å². The van der Waals surface area contributed by atoms with E-state index in [1.165, 1.54) is 0 Å². The first kappa shape index (κ1) is 17.6. The molecule has 4 rings (SSSR count). The van der Waals surface area contributed by atoms with Crippen molar-refractivity contribution in [2.45, 2.75) is 50.6 Å². The smallest absolute Gasteiger partial charge is 0.320 e. The highest BCUT2D eigenvalue weighted by Crippen LogP contribution is 2.38. The third-order valence-corrected chi connectivity index (χ3v) is 6.66. The van der Waals surface area contributed by atoms with Crippen molar-refractivity contribution in [1.29, 1.82) is 5.26 Å². The number of hydrogen-bond donors (Lipinski definition) is 1. The predicted octanol–water partition coefficient (Wildman–Crippen LogP) is 1.02. The molecule has 26 heavy (non-hydrogen) atoms. The summed E-state index contributed by atoms with van der Waals surface area (Å²) in [7, 11) is 0. The molecule has 0 aromatic heterocycles. The minimum absolute atomic E-state index is 0.0527. The summed E-state index contributed by atoms with van der Waals surface area (Å²) in [5.41, 5.74) is 0. The number of nitrogens with one attached hydrogen (secondary N) is 1. The largest absolute Gasteiger partial charge is 0.326 e. The summed E-state index contributed by atoms with van der Waals surface area (Å²) in [4.78, 5) is 30.7. The molecule has 1 N–H and O–H groups in total. The van der Waals surface area contributed by atoms with Crippen molar-refractivity contribution in [2.75, 3.05) is 39.3 Å². The van der Waals surface area contributed by atoms with E-state index in [1.54, 1.807) is 4.90 Å². The fourth-order valence-corrected chi connectivity index (χ4v) is 5.26. The third kappa shape index (κ3) is 3.39. The standard InChI is InChI=1S/C19H29N5O2/c20-10-17-4-3-7-24(17)18(25)11-21-16-8-14-12-23(13-15(14)9-16)19(26)22-5-1-2-6-22/h14-17,21H,1-9,11-13H2/t14?,15?,16?,17-/m0/s1. The van der Waals surface area contributed by atoms with E-state index in [0.717, 1.165) is 64.7 Å². The summed E-state index contributed by atoms with van der Waals surface area (Å²) in [5, 5.41) is 12.5. The summed E-state index contributed by atoms with van der Waals surface area (Å²) in [6.45, 7) is 4.61. The predicted molar refractivity (Wildman–Crippen MR) is 96.1 cm³/mol. The van der Waals surface area contributed by atoms with Gasteiger partial charge < -0.3 is 20.0 Å². The van der Waals surface area contributed by atoms with Gasteiger partial charge in [0.1, 0.15) is 6.04 Å². The molecular formula is C19H29N5O2. The number of nitrogens with zero attached hydrogens (tertiary/aromatic N) is 4. The number of carbonyl (C=O) groups excluding carboxylic acids is 2. The lowest BCUT2D eigenvalue weighted by Gasteiger charge is -2.25. The lowest BCUT2D eigenvalue weighted by Crippen LogP contribution is -2.44. The molecule has 1 saturated carbocycles. The molecule has 0 bridgehead atoms. The number of carbonyl (C=O) groups is 2. The highest BCUT2D eigenvalue weighted by atomic mass is 16.2. The van der Waals surface area contributed by atoms with Gasteiger partial charge in [-0.1, -0.05) is 0 Å². The number of urea groups is 1. The SMILES string of the molecule is N#C[C@@H]1CCCN1C(=O)CNC1CC2CN(C(=O)N3CCCC3)CC2C1. The van der Waals surface area contributed by atoms with Gasteiger partial charge in [-0.05, 0) is 50.4 Å². The van der Waals surface area contributed by atoms with Crippen LogP contribution >= 0.6 is 0 Å². The lowest BCUT2D eigenvalue weighted by atomic mass is 10.0. The van der Waals surface area contributed by atoms with Gasteiger partial charge in [-0.2, -0.15) is 5.26 Å². The normalized spacial score (nSPS) is 33.6. The molecule has 4 fully saturated rings. The van der Waals surface area contributed by atoms with Crippen LogP contribution in [0.3, 0.4) is 0 Å². The molecule has 3 aliphatic heterocycles. The van der Waals surface area contributed by atoms with Gasteiger partial charge in [-0.15, -0.1) is 0 Å². The topological polar surface area (TPSA) is 79.7 Å². The van der Waals surface area contributed by atoms with Crippen molar-refractivity contribution in [2.24, 2.45) is 11.8 Å². The summed E-state index contributed by atoms with van der Waals surface area (Å²) in [6, 6.07) is 2.58. The van der Waals surface area contributed by atoms with Crippen LogP contribution in [0.1, 0.15) is 38.5 Å². The van der Waals surface area contributed by atoms with Gasteiger partial charge in [0.2, 0.25) is 5.91 Å². The highest BCUT2D eigenvalue weighted by molar-refractivity contribution is 5.79. The zero-order valence-electron chi connectivity index (χ0n) is 15.4. The molecule has 3 atom stereocenters. The molecule has 3 heterocycles. The summed E-state index contributed by atoms with van der Waals surface area (Å²) >= 11 is 0. The zero-order valence-corrected chi connectivity index (χ0v) is 15.4. The summed E-state index contributed by atoms with van der Waals surface area (Å²) in [6.07, 6.45) is 6.09. The number of nitriles is 1. The van der Waals surface area contributed by atoms with Gasteiger partial charge in [0.15, 0.2) is 0 Å². The van der Waals surface area contributed by atoms with Crippen molar-refractivity contribution in [3.8, 4) is 6.07 Å². The molecule has 3 amide bonds. The fourth-order valence-electron chi connectivity index (χ4n) is 5.26. The molecule has 2 unspecified atom stereocenters. The van der Waals surface area contributed by atoms with Crippen LogP contribution in [0.5, 0.6) is 0 Å². The quantitative estimate of drug-likeness (QED) is 0.816. The van der Waals surface area contributed by atoms with Gasteiger partial charge in [0.25, 0.3) is 0 Å². The second-order valence-corrected chi connectivity index (χ2v) is 8.33. The maximum atomic E-state index is 12.5. The number of rotatable bonds is 3. The second kappa shape index (κ2) is 7.43. The second-order valence-electron chi connectivity index (χ2n) is 8.33. The fraction of sp³-hybridized carbons (Fsp3) is 0.842. The maximum Gasteiger partial charge on any atom is 0.320 e. The molecule has 1 aliphatic carbocycles. The average Bonchev–Trinajstić information content (AvgIpc) is 3.42. The van der Waals surface area contributed by atoms with Crippen LogP contribution < -0.4 is 5.32 Å². The molecule has 7 nitrogen and oxygen atoms in total. The minimum Gasteiger partial charge on any atom is -0.326 e. The third-order valence-electron chi connectivity index (χ3n) is 6.66. The van der Waals surface area contributed by atoms with Crippen LogP contribution in [0.25, 0.3) is 0 Å². The van der Waals surface area contributed by atoms with Gasteiger partial charge in [0, 0.05) is 38.8 Å². The Bertz CT molecular complexity index is 583. The van der Waals surface area contributed by atoms with Crippen molar-refractivity contribution >= 4 is 11.9 Å². The van der Waals surface area contributed by atoms with Crippen LogP contribution in [-0.2, 0) is 4.79 Å². The molecule has 0 radical (unpaired) electrons. The first-order valence-corrected chi connectivity index (χ1v) is 10.1. The maximum absolute atomic E-state index is 12.5. The molecule has 0 aromatic carbocycles. The van der Waals surface area contributed by atoms with Gasteiger partial charge in [-0.3, -0.25) is 4.79 Å². The summed E-state index contributed by atoms with van der Waals surface area (Å²) < 4.78 is 0. The van der Waals surface area contributed by atoms with E-state index >= 15 is 0 Å². The Hall–Kier alpha value is -1.81. The Morgan fingerprint density at radius 2 is 1.69 bits per heavy atom. The van der Waals surface area contributed by atoms with Gasteiger partial charge >= 0.3 is 6.03 Å². The number of hydrogen-bond acceptors (Lipinski definition) is 4. The zero-order chi connectivity index (χ0) is 18.1. The minimum atomic E-state index is -0.239. The van der Waals surface area contributed by atoms with E-state index in [4.69, 9.17) is 5.26 Å². The molecular weight excluding hydrogens is 330 g/mol. The van der Waals surface area contributed by atoms with Crippen LogP contribution in [0, 0.1) is 23.2 Å². The van der Waals surface area contributed by atoms with E-state index in [0.29, 0.717) is 31.0 Å². The molecule has 3 saturated heterocycles. The van der Waals surface area contributed by atoms with Crippen LogP contribution in [-0.4, -0.2) is 78.0 Å². The Labute approximate surface area is 155 Å². The van der Waals surface area contributed by atoms with Gasteiger partial charge in [0.05, 0.1) is 12.6 Å². The summed E-state index contributed by atoms with van der Waals surface area (Å²) in [5.74, 6) is 1.18. The van der Waals surface area contributed by atoms with Crippen LogP contribution in [0.15, 0.2) is 0 Å². The molecule has 0 aromatic rings. The number of likely N-dealkylation sites (tertiary alicyclic amines) is 3. The Kier molecular flexibility index (Phi) is 5.03. The first-order valence-electron chi connectivity index (χ1n) is 10.1. The van der Waals surface area contributed by atoms with Crippen molar-refractivity contribution in [3.63, 3.8) is 0 Å². The molecule has 0 spiro atoms. The lowest BCUT2D eigenvalue weighted by molar-refractivity contribution is -0.130. The Morgan fingerprint density at radius 1 is 1.00 bits per heavy atom.